The molecule has 1 saturated heterocycles. The lowest BCUT2D eigenvalue weighted by Gasteiger charge is -2.34. The number of urea groups is 1. The van der Waals surface area contributed by atoms with Gasteiger partial charge in [0, 0.05) is 6.54 Å². The van der Waals surface area contributed by atoms with Crippen LogP contribution in [0.1, 0.15) is 19.3 Å². The summed E-state index contributed by atoms with van der Waals surface area (Å²) in [6, 6.07) is 6.52. The van der Waals surface area contributed by atoms with Gasteiger partial charge in [-0.05, 0) is 31.4 Å². The van der Waals surface area contributed by atoms with E-state index in [0.29, 0.717) is 24.4 Å². The van der Waals surface area contributed by atoms with E-state index < -0.39 is 0 Å². The summed E-state index contributed by atoms with van der Waals surface area (Å²) in [5, 5.41) is 14.7. The number of carbonyl (C=O) groups is 1. The number of nitrogens with zero attached hydrogens (tertiary/aromatic N) is 2. The van der Waals surface area contributed by atoms with Gasteiger partial charge in [-0.1, -0.05) is 17.3 Å². The van der Waals surface area contributed by atoms with Gasteiger partial charge in [-0.3, -0.25) is 0 Å². The van der Waals surface area contributed by atoms with E-state index in [4.69, 9.17) is 15.7 Å². The van der Waals surface area contributed by atoms with Gasteiger partial charge in [0.15, 0.2) is 5.84 Å². The maximum absolute atomic E-state index is 12.4. The van der Waals surface area contributed by atoms with Crippen molar-refractivity contribution in [1.29, 1.82) is 0 Å². The van der Waals surface area contributed by atoms with Crippen LogP contribution in [-0.4, -0.2) is 41.7 Å². The zero-order valence-electron chi connectivity index (χ0n) is 12.0. The van der Waals surface area contributed by atoms with Crippen molar-refractivity contribution >= 4 is 17.6 Å². The summed E-state index contributed by atoms with van der Waals surface area (Å²) in [6.45, 7) is 0.571. The molecule has 0 saturated carbocycles. The molecule has 0 aromatic heterocycles. The molecule has 1 aliphatic heterocycles. The number of para-hydroxylation sites is 2. The van der Waals surface area contributed by atoms with Gasteiger partial charge < -0.3 is 25.9 Å². The van der Waals surface area contributed by atoms with Crippen LogP contribution in [-0.2, 0) is 0 Å². The Bertz CT molecular complexity index is 533. The second-order valence-corrected chi connectivity index (χ2v) is 4.86. The predicted molar refractivity (Wildman–Crippen MR) is 79.8 cm³/mol. The molecule has 1 aromatic rings. The Balaban J connectivity index is 2.14. The van der Waals surface area contributed by atoms with Crippen molar-refractivity contribution in [3.05, 3.63) is 24.3 Å². The van der Waals surface area contributed by atoms with E-state index in [2.05, 4.69) is 10.5 Å². The van der Waals surface area contributed by atoms with Crippen molar-refractivity contribution in [2.24, 2.45) is 10.9 Å². The average Bonchev–Trinajstić information content (AvgIpc) is 2.54. The SMILES string of the molecule is COc1ccccc1NC(=O)N1CCCCC1C(N)=NO. The van der Waals surface area contributed by atoms with Gasteiger partial charge in [0.2, 0.25) is 0 Å². The molecule has 0 bridgehead atoms. The van der Waals surface area contributed by atoms with Crippen LogP contribution < -0.4 is 15.8 Å². The number of methoxy groups -OCH3 is 1. The maximum atomic E-state index is 12.4. The Morgan fingerprint density at radius 3 is 2.95 bits per heavy atom. The number of likely N-dealkylation sites (tertiary alicyclic amines) is 1. The number of hydrogen-bond donors (Lipinski definition) is 3. The van der Waals surface area contributed by atoms with Crippen molar-refractivity contribution in [1.82, 2.24) is 4.90 Å². The van der Waals surface area contributed by atoms with Crippen LogP contribution in [0, 0.1) is 0 Å². The fourth-order valence-electron chi connectivity index (χ4n) is 2.48. The van der Waals surface area contributed by atoms with Gasteiger partial charge >= 0.3 is 6.03 Å². The van der Waals surface area contributed by atoms with Crippen LogP contribution in [0.25, 0.3) is 0 Å². The molecule has 1 atom stereocenters. The largest absolute Gasteiger partial charge is 0.495 e. The Morgan fingerprint density at radius 2 is 2.24 bits per heavy atom. The zero-order valence-corrected chi connectivity index (χ0v) is 12.0. The minimum Gasteiger partial charge on any atom is -0.495 e. The van der Waals surface area contributed by atoms with Gasteiger partial charge in [-0.25, -0.2) is 4.79 Å². The van der Waals surface area contributed by atoms with Gasteiger partial charge in [0.1, 0.15) is 5.75 Å². The highest BCUT2D eigenvalue weighted by molar-refractivity contribution is 5.95. The van der Waals surface area contributed by atoms with Crippen LogP contribution in [0.5, 0.6) is 5.75 Å². The highest BCUT2D eigenvalue weighted by atomic mass is 16.5. The van der Waals surface area contributed by atoms with Gasteiger partial charge in [-0.2, -0.15) is 0 Å². The van der Waals surface area contributed by atoms with Crippen LogP contribution >= 0.6 is 0 Å². The fourth-order valence-corrected chi connectivity index (χ4v) is 2.48. The molecule has 7 heteroatoms. The molecule has 0 spiro atoms. The van der Waals surface area contributed by atoms with Crippen LogP contribution in [0.3, 0.4) is 0 Å². The zero-order chi connectivity index (χ0) is 15.2. The smallest absolute Gasteiger partial charge is 0.322 e. The first-order valence-electron chi connectivity index (χ1n) is 6.85. The number of oxime groups is 1. The molecule has 1 heterocycles. The number of ether oxygens (including phenoxy) is 1. The third kappa shape index (κ3) is 3.36. The minimum absolute atomic E-state index is 0.0601. The first-order chi connectivity index (χ1) is 10.2. The summed E-state index contributed by atoms with van der Waals surface area (Å²) in [6.07, 6.45) is 2.53. The summed E-state index contributed by atoms with van der Waals surface area (Å²) < 4.78 is 5.21. The number of benzene rings is 1. The Hall–Kier alpha value is -2.44. The Morgan fingerprint density at radius 1 is 1.48 bits per heavy atom. The van der Waals surface area contributed by atoms with Crippen molar-refractivity contribution in [3.8, 4) is 5.75 Å². The van der Waals surface area contributed by atoms with E-state index in [9.17, 15) is 4.79 Å². The monoisotopic (exact) mass is 292 g/mol. The Labute approximate surface area is 123 Å². The number of anilines is 1. The lowest BCUT2D eigenvalue weighted by atomic mass is 10.0. The molecule has 1 aliphatic rings. The van der Waals surface area contributed by atoms with Crippen LogP contribution in [0.4, 0.5) is 10.5 Å². The number of nitrogens with one attached hydrogen (secondary N) is 1. The third-order valence-corrected chi connectivity index (χ3v) is 3.57. The van der Waals surface area contributed by atoms with E-state index in [1.807, 2.05) is 12.1 Å². The first-order valence-corrected chi connectivity index (χ1v) is 6.85. The van der Waals surface area contributed by atoms with E-state index in [0.717, 1.165) is 12.8 Å². The molecule has 1 unspecified atom stereocenters. The number of nitrogens with two attached hydrogens (primary N) is 1. The first kappa shape index (κ1) is 15.0. The number of amidine groups is 1. The van der Waals surface area contributed by atoms with Crippen molar-refractivity contribution < 1.29 is 14.7 Å². The second-order valence-electron chi connectivity index (χ2n) is 4.86. The quantitative estimate of drug-likeness (QED) is 0.342. The normalized spacial score (nSPS) is 19.2. The molecule has 7 nitrogen and oxygen atoms in total. The molecule has 2 rings (SSSR count). The summed E-state index contributed by atoms with van der Waals surface area (Å²) >= 11 is 0. The molecule has 1 aromatic carbocycles. The van der Waals surface area contributed by atoms with Gasteiger partial charge in [-0.15, -0.1) is 0 Å². The third-order valence-electron chi connectivity index (χ3n) is 3.57. The number of rotatable bonds is 3. The number of carbonyl (C=O) groups excluding carboxylic acids is 1. The number of hydrogen-bond acceptors (Lipinski definition) is 4. The fraction of sp³-hybridized carbons (Fsp3) is 0.429. The lowest BCUT2D eigenvalue weighted by molar-refractivity contribution is 0.183. The van der Waals surface area contributed by atoms with Crippen LogP contribution in [0.15, 0.2) is 29.4 Å². The van der Waals surface area contributed by atoms with Crippen molar-refractivity contribution in [3.63, 3.8) is 0 Å². The maximum Gasteiger partial charge on any atom is 0.322 e. The second kappa shape index (κ2) is 6.83. The topological polar surface area (TPSA) is 100 Å². The van der Waals surface area contributed by atoms with Gasteiger partial charge in [0.25, 0.3) is 0 Å². The van der Waals surface area contributed by atoms with E-state index in [1.165, 1.54) is 0 Å². The molecular formula is C14H20N4O3. The molecule has 1 fully saturated rings. The summed E-state index contributed by atoms with van der Waals surface area (Å²) in [4.78, 5) is 14.0. The van der Waals surface area contributed by atoms with Gasteiger partial charge in [0.05, 0.1) is 18.8 Å². The summed E-state index contributed by atoms with van der Waals surface area (Å²) in [5.41, 5.74) is 6.27. The number of piperidine rings is 1. The summed E-state index contributed by atoms with van der Waals surface area (Å²) in [5.74, 6) is 0.646. The summed E-state index contributed by atoms with van der Waals surface area (Å²) in [7, 11) is 1.55. The number of amides is 2. The standard InChI is InChI=1S/C14H20N4O3/c1-21-12-8-3-2-6-10(12)16-14(19)18-9-5-4-7-11(18)13(15)17-20/h2-3,6,8,11,20H,4-5,7,9H2,1H3,(H2,15,17)(H,16,19). The highest BCUT2D eigenvalue weighted by Crippen LogP contribution is 2.25. The predicted octanol–water partition coefficient (Wildman–Crippen LogP) is 1.83. The van der Waals surface area contributed by atoms with Crippen molar-refractivity contribution in [2.75, 3.05) is 19.0 Å². The minimum atomic E-state index is -0.376. The molecule has 4 N–H and O–H groups in total. The van der Waals surface area contributed by atoms with Crippen molar-refractivity contribution in [2.45, 2.75) is 25.3 Å². The highest BCUT2D eigenvalue weighted by Gasteiger charge is 2.30. The molecule has 0 radical (unpaired) electrons. The molecule has 0 aliphatic carbocycles. The molecule has 2 amide bonds. The van der Waals surface area contributed by atoms with Crippen LogP contribution in [0.2, 0.25) is 0 Å². The molecule has 114 valence electrons. The molecule has 21 heavy (non-hydrogen) atoms. The lowest BCUT2D eigenvalue weighted by Crippen LogP contribution is -2.52. The molecular weight excluding hydrogens is 272 g/mol. The van der Waals surface area contributed by atoms with E-state index in [-0.39, 0.29) is 17.9 Å². The average molecular weight is 292 g/mol. The van der Waals surface area contributed by atoms with E-state index in [1.54, 1.807) is 24.1 Å². The Kier molecular flexibility index (Phi) is 4.86. The van der Waals surface area contributed by atoms with E-state index >= 15 is 0 Å².